The second kappa shape index (κ2) is 17.1. The van der Waals surface area contributed by atoms with Crippen molar-refractivity contribution in [3.63, 3.8) is 0 Å². The molecule has 29 heavy (non-hydrogen) atoms. The number of unbranched alkanes of at least 4 members (excludes halogenated alkanes) is 8. The van der Waals surface area contributed by atoms with Crippen molar-refractivity contribution in [3.05, 3.63) is 12.2 Å². The Hall–Kier alpha value is -0.630. The van der Waals surface area contributed by atoms with E-state index in [9.17, 15) is 4.79 Å². The molecule has 2 nitrogen and oxygen atoms in total. The molecular formula is C27H53NO. The highest BCUT2D eigenvalue weighted by Crippen LogP contribution is 2.45. The first-order chi connectivity index (χ1) is 13.5. The zero-order valence-electron chi connectivity index (χ0n) is 19.6. The second-order valence-corrected chi connectivity index (χ2v) is 9.83. The lowest BCUT2D eigenvalue weighted by atomic mass is 10.0. The van der Waals surface area contributed by atoms with E-state index in [0.717, 1.165) is 19.3 Å². The van der Waals surface area contributed by atoms with Crippen LogP contribution in [0.2, 0.25) is 0 Å². The van der Waals surface area contributed by atoms with Crippen molar-refractivity contribution >= 4 is 5.78 Å². The molecule has 1 saturated carbocycles. The Labute approximate surface area is 183 Å². The molecule has 2 heteroatoms. The first kappa shape index (κ1) is 28.4. The fourth-order valence-electron chi connectivity index (χ4n) is 4.02. The third kappa shape index (κ3) is 15.8. The van der Waals surface area contributed by atoms with Gasteiger partial charge < -0.3 is 4.90 Å². The van der Waals surface area contributed by atoms with Crippen LogP contribution in [0.4, 0.5) is 0 Å². The molecule has 1 fully saturated rings. The standard InChI is InChI=1S/C26H49NO.CH4/c1-5-7-9-10-11-12-14-21-27(23-26(4)19-20-26)22-24(3)16-15-18-25(28)17-13-8-6-2;/h15,18,24H,5-14,16-17,19-23H2,1-4H3;1H4/b18-15-;. The summed E-state index contributed by atoms with van der Waals surface area (Å²) in [6.07, 6.45) is 21.6. The van der Waals surface area contributed by atoms with Crippen molar-refractivity contribution in [2.24, 2.45) is 11.3 Å². The zero-order valence-corrected chi connectivity index (χ0v) is 19.6. The van der Waals surface area contributed by atoms with E-state index in [1.807, 2.05) is 6.08 Å². The molecule has 1 aliphatic carbocycles. The molecule has 0 N–H and O–H groups in total. The van der Waals surface area contributed by atoms with Crippen LogP contribution >= 0.6 is 0 Å². The second-order valence-electron chi connectivity index (χ2n) is 9.83. The number of nitrogens with zero attached hydrogens (tertiary/aromatic N) is 1. The zero-order chi connectivity index (χ0) is 20.7. The molecule has 1 atom stereocenters. The summed E-state index contributed by atoms with van der Waals surface area (Å²) in [5.41, 5.74) is 0.589. The molecule has 0 bridgehead atoms. The monoisotopic (exact) mass is 407 g/mol. The number of carbonyl (C=O) groups excluding carboxylic acids is 1. The Morgan fingerprint density at radius 2 is 1.55 bits per heavy atom. The molecule has 0 radical (unpaired) electrons. The van der Waals surface area contributed by atoms with Gasteiger partial charge in [0, 0.05) is 19.5 Å². The van der Waals surface area contributed by atoms with Gasteiger partial charge in [0.2, 0.25) is 0 Å². The third-order valence-electron chi connectivity index (χ3n) is 6.23. The van der Waals surface area contributed by atoms with Gasteiger partial charge in [-0.3, -0.25) is 4.79 Å². The SMILES string of the molecule is C.CCCCCCCCCN(CC(C)C/C=C\C(=O)CCCCC)CC1(C)CC1. The van der Waals surface area contributed by atoms with Gasteiger partial charge in [0.05, 0.1) is 0 Å². The van der Waals surface area contributed by atoms with Gasteiger partial charge >= 0.3 is 0 Å². The van der Waals surface area contributed by atoms with Gasteiger partial charge in [0.15, 0.2) is 5.78 Å². The minimum Gasteiger partial charge on any atom is -0.303 e. The van der Waals surface area contributed by atoms with Gasteiger partial charge in [-0.1, -0.05) is 92.6 Å². The number of rotatable bonds is 19. The van der Waals surface area contributed by atoms with E-state index in [-0.39, 0.29) is 7.43 Å². The molecular weight excluding hydrogens is 354 g/mol. The molecule has 0 spiro atoms. The molecule has 0 amide bonds. The fourth-order valence-corrected chi connectivity index (χ4v) is 4.02. The number of ketones is 1. The average molecular weight is 408 g/mol. The van der Waals surface area contributed by atoms with Crippen LogP contribution in [0.5, 0.6) is 0 Å². The van der Waals surface area contributed by atoms with E-state index >= 15 is 0 Å². The van der Waals surface area contributed by atoms with E-state index in [0.29, 0.717) is 17.1 Å². The van der Waals surface area contributed by atoms with Crippen molar-refractivity contribution in [1.29, 1.82) is 0 Å². The summed E-state index contributed by atoms with van der Waals surface area (Å²) in [5.74, 6) is 0.942. The Morgan fingerprint density at radius 1 is 0.966 bits per heavy atom. The molecule has 0 aromatic heterocycles. The van der Waals surface area contributed by atoms with Crippen molar-refractivity contribution in [2.45, 2.75) is 125 Å². The highest BCUT2D eigenvalue weighted by molar-refractivity contribution is 5.89. The van der Waals surface area contributed by atoms with Crippen molar-refractivity contribution in [1.82, 2.24) is 4.90 Å². The number of hydrogen-bond acceptors (Lipinski definition) is 2. The van der Waals surface area contributed by atoms with E-state index in [1.54, 1.807) is 0 Å². The van der Waals surface area contributed by atoms with E-state index < -0.39 is 0 Å². The molecule has 172 valence electrons. The number of hydrogen-bond donors (Lipinski definition) is 0. The van der Waals surface area contributed by atoms with Crippen molar-refractivity contribution in [2.75, 3.05) is 19.6 Å². The first-order valence-corrected chi connectivity index (χ1v) is 12.4. The van der Waals surface area contributed by atoms with Crippen molar-refractivity contribution in [3.8, 4) is 0 Å². The predicted octanol–water partition coefficient (Wildman–Crippen LogP) is 8.21. The normalized spacial score (nSPS) is 16.2. The lowest BCUT2D eigenvalue weighted by molar-refractivity contribution is -0.114. The summed E-state index contributed by atoms with van der Waals surface area (Å²) in [6.45, 7) is 13.0. The average Bonchev–Trinajstić information content (AvgIpc) is 3.37. The summed E-state index contributed by atoms with van der Waals surface area (Å²) >= 11 is 0. The smallest absolute Gasteiger partial charge is 0.155 e. The van der Waals surface area contributed by atoms with E-state index in [2.05, 4.69) is 38.7 Å². The maximum atomic E-state index is 11.9. The van der Waals surface area contributed by atoms with Gasteiger partial charge in [-0.25, -0.2) is 0 Å². The van der Waals surface area contributed by atoms with Gasteiger partial charge in [-0.2, -0.15) is 0 Å². The van der Waals surface area contributed by atoms with Gasteiger partial charge in [-0.05, 0) is 56.1 Å². The maximum Gasteiger partial charge on any atom is 0.155 e. The Morgan fingerprint density at radius 3 is 2.17 bits per heavy atom. The molecule has 0 aromatic rings. The Kier molecular flexibility index (Phi) is 16.7. The molecule has 1 unspecified atom stereocenters. The van der Waals surface area contributed by atoms with Crippen LogP contribution in [-0.4, -0.2) is 30.3 Å². The van der Waals surface area contributed by atoms with Crippen LogP contribution in [0.25, 0.3) is 0 Å². The van der Waals surface area contributed by atoms with Crippen LogP contribution in [0.3, 0.4) is 0 Å². The van der Waals surface area contributed by atoms with Crippen LogP contribution in [0, 0.1) is 11.3 Å². The molecule has 0 heterocycles. The minimum absolute atomic E-state index is 0. The van der Waals surface area contributed by atoms with E-state index in [1.165, 1.54) is 90.3 Å². The number of carbonyl (C=O) groups is 1. The molecule has 0 aromatic carbocycles. The maximum absolute atomic E-state index is 11.9. The quantitative estimate of drug-likeness (QED) is 0.159. The highest BCUT2D eigenvalue weighted by atomic mass is 16.1. The summed E-state index contributed by atoms with van der Waals surface area (Å²) in [7, 11) is 0. The topological polar surface area (TPSA) is 20.3 Å². The van der Waals surface area contributed by atoms with Crippen LogP contribution in [0.15, 0.2) is 12.2 Å². The summed E-state index contributed by atoms with van der Waals surface area (Å²) in [4.78, 5) is 14.6. The van der Waals surface area contributed by atoms with Crippen LogP contribution in [-0.2, 0) is 4.79 Å². The Bertz CT molecular complexity index is 424. The summed E-state index contributed by atoms with van der Waals surface area (Å²) in [5, 5.41) is 0. The highest BCUT2D eigenvalue weighted by Gasteiger charge is 2.38. The lowest BCUT2D eigenvalue weighted by Gasteiger charge is -2.28. The summed E-state index contributed by atoms with van der Waals surface area (Å²) in [6, 6.07) is 0. The molecule has 1 aliphatic rings. The van der Waals surface area contributed by atoms with Crippen LogP contribution < -0.4 is 0 Å². The molecule has 1 rings (SSSR count). The fraction of sp³-hybridized carbons (Fsp3) is 0.889. The molecule has 0 aliphatic heterocycles. The van der Waals surface area contributed by atoms with Gasteiger partial charge in [0.1, 0.15) is 0 Å². The lowest BCUT2D eigenvalue weighted by Crippen LogP contribution is -2.34. The van der Waals surface area contributed by atoms with Crippen molar-refractivity contribution < 1.29 is 4.79 Å². The largest absolute Gasteiger partial charge is 0.303 e. The third-order valence-corrected chi connectivity index (χ3v) is 6.23. The molecule has 0 saturated heterocycles. The summed E-state index contributed by atoms with van der Waals surface area (Å²) < 4.78 is 0. The predicted molar refractivity (Wildman–Crippen MR) is 131 cm³/mol. The number of allylic oxidation sites excluding steroid dienone is 2. The van der Waals surface area contributed by atoms with E-state index in [4.69, 9.17) is 0 Å². The minimum atomic E-state index is 0. The van der Waals surface area contributed by atoms with Crippen LogP contribution in [0.1, 0.15) is 125 Å². The van der Waals surface area contributed by atoms with Gasteiger partial charge in [0.25, 0.3) is 0 Å². The Balaban J connectivity index is 0.00000784. The first-order valence-electron chi connectivity index (χ1n) is 12.4. The van der Waals surface area contributed by atoms with Gasteiger partial charge in [-0.15, -0.1) is 0 Å².